The third kappa shape index (κ3) is 4.60. The monoisotopic (exact) mass is 329 g/mol. The molecule has 1 aromatic rings. The topological polar surface area (TPSA) is 29.1 Å². The van der Waals surface area contributed by atoms with Crippen molar-refractivity contribution < 1.29 is 9.18 Å². The van der Waals surface area contributed by atoms with Gasteiger partial charge in [-0.05, 0) is 29.9 Å². The molecule has 0 heterocycles. The van der Waals surface area contributed by atoms with E-state index in [2.05, 4.69) is 35.1 Å². The van der Waals surface area contributed by atoms with Crippen molar-refractivity contribution in [2.75, 3.05) is 11.9 Å². The van der Waals surface area contributed by atoms with E-state index in [4.69, 9.17) is 0 Å². The Morgan fingerprint density at radius 3 is 2.47 bits per heavy atom. The fraction of sp³-hybridized carbons (Fsp3) is 0.533. The van der Waals surface area contributed by atoms with Gasteiger partial charge < -0.3 is 5.32 Å². The van der Waals surface area contributed by atoms with E-state index in [-0.39, 0.29) is 23.6 Å². The lowest BCUT2D eigenvalue weighted by atomic mass is 9.84. The molecule has 1 aromatic carbocycles. The van der Waals surface area contributed by atoms with Crippen LogP contribution in [0.5, 0.6) is 0 Å². The van der Waals surface area contributed by atoms with Crippen LogP contribution in [0.1, 0.15) is 32.3 Å². The van der Waals surface area contributed by atoms with Gasteiger partial charge in [-0.25, -0.2) is 4.39 Å². The lowest BCUT2D eigenvalue weighted by Crippen LogP contribution is -2.38. The number of amides is 1. The number of hydrogen-bond donors (Lipinski definition) is 1. The van der Waals surface area contributed by atoms with Crippen molar-refractivity contribution in [2.45, 2.75) is 33.1 Å². The van der Waals surface area contributed by atoms with Crippen LogP contribution < -0.4 is 5.32 Å². The lowest BCUT2D eigenvalue weighted by molar-refractivity contribution is -0.121. The summed E-state index contributed by atoms with van der Waals surface area (Å²) in [4.78, 5) is 11.9. The Balaban J connectivity index is 2.55. The molecule has 0 fully saturated rings. The Morgan fingerprint density at radius 2 is 1.95 bits per heavy atom. The molecular formula is C15H21BrFNO. The first-order chi connectivity index (χ1) is 9.06. The number of alkyl halides is 1. The molecule has 19 heavy (non-hydrogen) atoms. The second-order valence-electron chi connectivity index (χ2n) is 4.89. The molecule has 0 atom stereocenters. The minimum Gasteiger partial charge on any atom is -0.355 e. The summed E-state index contributed by atoms with van der Waals surface area (Å²) in [5.41, 5.74) is 0.530. The highest BCUT2D eigenvalue weighted by Crippen LogP contribution is 2.27. The molecule has 0 spiro atoms. The Bertz CT molecular complexity index is 410. The van der Waals surface area contributed by atoms with Gasteiger partial charge >= 0.3 is 0 Å². The Kier molecular flexibility index (Phi) is 6.49. The second-order valence-corrected chi connectivity index (χ2v) is 5.45. The van der Waals surface area contributed by atoms with E-state index in [0.717, 1.165) is 18.2 Å². The van der Waals surface area contributed by atoms with Gasteiger partial charge in [-0.15, -0.1) is 0 Å². The molecule has 0 radical (unpaired) electrons. The van der Waals surface area contributed by atoms with E-state index in [1.54, 1.807) is 18.2 Å². The van der Waals surface area contributed by atoms with Crippen molar-refractivity contribution in [1.29, 1.82) is 0 Å². The van der Waals surface area contributed by atoms with Gasteiger partial charge in [0.25, 0.3) is 0 Å². The summed E-state index contributed by atoms with van der Waals surface area (Å²) in [5.74, 6) is -0.451. The standard InChI is InChI=1S/C15H21BrFNO/c1-3-15(4-2,10-16)11-18-14(19)9-12-7-5-6-8-13(12)17/h5-8H,3-4,9-11H2,1-2H3,(H,18,19). The molecule has 0 saturated heterocycles. The molecule has 0 aliphatic heterocycles. The molecule has 1 rings (SSSR count). The molecule has 0 saturated carbocycles. The maximum Gasteiger partial charge on any atom is 0.224 e. The van der Waals surface area contributed by atoms with E-state index in [1.165, 1.54) is 6.07 Å². The minimum absolute atomic E-state index is 0.0882. The number of nitrogens with one attached hydrogen (secondary N) is 1. The van der Waals surface area contributed by atoms with Gasteiger partial charge in [0.1, 0.15) is 5.82 Å². The maximum absolute atomic E-state index is 13.4. The van der Waals surface area contributed by atoms with Crippen molar-refractivity contribution in [3.05, 3.63) is 35.6 Å². The number of rotatable bonds is 7. The van der Waals surface area contributed by atoms with Crippen molar-refractivity contribution in [1.82, 2.24) is 5.32 Å². The average molecular weight is 330 g/mol. The van der Waals surface area contributed by atoms with Gasteiger partial charge in [0.05, 0.1) is 6.42 Å². The molecule has 0 aliphatic carbocycles. The number of carbonyl (C=O) groups excluding carboxylic acids is 1. The van der Waals surface area contributed by atoms with E-state index in [1.807, 2.05) is 0 Å². The summed E-state index contributed by atoms with van der Waals surface area (Å²) in [6.07, 6.45) is 2.09. The second kappa shape index (κ2) is 7.63. The minimum atomic E-state index is -0.324. The predicted octanol–water partition coefficient (Wildman–Crippen LogP) is 3.69. The lowest BCUT2D eigenvalue weighted by Gasteiger charge is -2.29. The van der Waals surface area contributed by atoms with Crippen LogP contribution in [-0.2, 0) is 11.2 Å². The largest absolute Gasteiger partial charge is 0.355 e. The molecule has 1 N–H and O–H groups in total. The first-order valence-corrected chi connectivity index (χ1v) is 7.75. The van der Waals surface area contributed by atoms with E-state index < -0.39 is 0 Å². The van der Waals surface area contributed by atoms with Gasteiger partial charge in [-0.3, -0.25) is 4.79 Å². The Hall–Kier alpha value is -0.900. The van der Waals surface area contributed by atoms with Crippen LogP contribution in [0, 0.1) is 11.2 Å². The van der Waals surface area contributed by atoms with Gasteiger partial charge in [-0.2, -0.15) is 0 Å². The van der Waals surface area contributed by atoms with Crippen LogP contribution in [0.15, 0.2) is 24.3 Å². The van der Waals surface area contributed by atoms with Crippen molar-refractivity contribution in [3.63, 3.8) is 0 Å². The third-order valence-corrected chi connectivity index (χ3v) is 4.94. The summed E-state index contributed by atoms with van der Waals surface area (Å²) in [5, 5.41) is 3.77. The Labute approximate surface area is 122 Å². The smallest absolute Gasteiger partial charge is 0.224 e. The molecule has 4 heteroatoms. The first-order valence-electron chi connectivity index (χ1n) is 6.63. The number of carbonyl (C=O) groups is 1. The zero-order valence-electron chi connectivity index (χ0n) is 11.5. The van der Waals surface area contributed by atoms with Gasteiger partial charge in [0.15, 0.2) is 0 Å². The summed E-state index contributed by atoms with van der Waals surface area (Å²) >= 11 is 3.51. The van der Waals surface area contributed by atoms with E-state index >= 15 is 0 Å². The molecule has 106 valence electrons. The molecule has 0 aliphatic rings. The number of benzene rings is 1. The van der Waals surface area contributed by atoms with Gasteiger partial charge in [0.2, 0.25) is 5.91 Å². The van der Waals surface area contributed by atoms with E-state index in [9.17, 15) is 9.18 Å². The van der Waals surface area contributed by atoms with Crippen LogP contribution in [0.2, 0.25) is 0 Å². The molecule has 0 aromatic heterocycles. The molecule has 2 nitrogen and oxygen atoms in total. The summed E-state index contributed by atoms with van der Waals surface area (Å²) < 4.78 is 13.4. The number of halogens is 2. The fourth-order valence-electron chi connectivity index (χ4n) is 1.90. The van der Waals surface area contributed by atoms with Crippen LogP contribution in [0.4, 0.5) is 4.39 Å². The zero-order chi connectivity index (χ0) is 14.3. The van der Waals surface area contributed by atoms with Crippen LogP contribution >= 0.6 is 15.9 Å². The van der Waals surface area contributed by atoms with Crippen LogP contribution in [0.25, 0.3) is 0 Å². The maximum atomic E-state index is 13.4. The highest BCUT2D eigenvalue weighted by molar-refractivity contribution is 9.09. The summed E-state index contributed by atoms with van der Waals surface area (Å²) in [7, 11) is 0. The van der Waals surface area contributed by atoms with Crippen molar-refractivity contribution >= 4 is 21.8 Å². The highest BCUT2D eigenvalue weighted by atomic mass is 79.9. The molecule has 1 amide bonds. The SMILES string of the molecule is CCC(CC)(CBr)CNC(=O)Cc1ccccc1F. The summed E-state index contributed by atoms with van der Waals surface area (Å²) in [6.45, 7) is 4.86. The van der Waals surface area contributed by atoms with Crippen molar-refractivity contribution in [3.8, 4) is 0 Å². The first kappa shape index (κ1) is 16.2. The van der Waals surface area contributed by atoms with Crippen LogP contribution in [0.3, 0.4) is 0 Å². The molecule has 0 unspecified atom stereocenters. The average Bonchev–Trinajstić information content (AvgIpc) is 2.44. The van der Waals surface area contributed by atoms with Gasteiger partial charge in [0, 0.05) is 11.9 Å². The fourth-order valence-corrected chi connectivity index (χ4v) is 2.89. The predicted molar refractivity (Wildman–Crippen MR) is 79.9 cm³/mol. The quantitative estimate of drug-likeness (QED) is 0.759. The Morgan fingerprint density at radius 1 is 1.32 bits per heavy atom. The zero-order valence-corrected chi connectivity index (χ0v) is 13.1. The molecular weight excluding hydrogens is 309 g/mol. The summed E-state index contributed by atoms with van der Waals surface area (Å²) in [6, 6.07) is 6.39. The molecule has 0 bridgehead atoms. The van der Waals surface area contributed by atoms with Crippen molar-refractivity contribution in [2.24, 2.45) is 5.41 Å². The van der Waals surface area contributed by atoms with Crippen LogP contribution in [-0.4, -0.2) is 17.8 Å². The van der Waals surface area contributed by atoms with Gasteiger partial charge in [-0.1, -0.05) is 48.0 Å². The number of hydrogen-bond acceptors (Lipinski definition) is 1. The normalized spacial score (nSPS) is 11.4. The van der Waals surface area contributed by atoms with E-state index in [0.29, 0.717) is 12.1 Å². The third-order valence-electron chi connectivity index (χ3n) is 3.75. The highest BCUT2D eigenvalue weighted by Gasteiger charge is 2.25.